The summed E-state index contributed by atoms with van der Waals surface area (Å²) in [6, 6.07) is 3.18. The van der Waals surface area contributed by atoms with E-state index in [2.05, 4.69) is 10.3 Å². The first-order valence-corrected chi connectivity index (χ1v) is 4.24. The van der Waals surface area contributed by atoms with Crippen LogP contribution in [0.5, 0.6) is 5.75 Å². The number of nitro groups is 1. The number of ether oxygens (including phenoxy) is 1. The van der Waals surface area contributed by atoms with Crippen molar-refractivity contribution in [1.82, 2.24) is 10.3 Å². The van der Waals surface area contributed by atoms with Gasteiger partial charge in [-0.3, -0.25) is 0 Å². The lowest BCUT2D eigenvalue weighted by Gasteiger charge is -2.27. The van der Waals surface area contributed by atoms with Crippen molar-refractivity contribution in [3.05, 3.63) is 28.4 Å². The molecule has 1 aromatic heterocycles. The van der Waals surface area contributed by atoms with Crippen molar-refractivity contribution in [1.29, 1.82) is 0 Å². The van der Waals surface area contributed by atoms with E-state index in [-0.39, 0.29) is 30.1 Å². The van der Waals surface area contributed by atoms with Gasteiger partial charge in [0.25, 0.3) is 0 Å². The molecule has 6 nitrogen and oxygen atoms in total. The Morgan fingerprint density at radius 3 is 2.87 bits per heavy atom. The third-order valence-electron chi connectivity index (χ3n) is 1.96. The van der Waals surface area contributed by atoms with Gasteiger partial charge in [-0.1, -0.05) is 0 Å². The van der Waals surface area contributed by atoms with E-state index in [0.717, 1.165) is 13.1 Å². The normalized spacial score (nSPS) is 14.9. The average Bonchev–Trinajstić information content (AvgIpc) is 2.12. The second kappa shape index (κ2) is 4.90. The van der Waals surface area contributed by atoms with Crippen molar-refractivity contribution in [2.75, 3.05) is 13.1 Å². The van der Waals surface area contributed by atoms with E-state index in [0.29, 0.717) is 0 Å². The van der Waals surface area contributed by atoms with Gasteiger partial charge in [0.1, 0.15) is 12.3 Å². The van der Waals surface area contributed by atoms with Gasteiger partial charge in [-0.25, -0.2) is 0 Å². The summed E-state index contributed by atoms with van der Waals surface area (Å²) >= 11 is 0. The minimum Gasteiger partial charge on any atom is -0.480 e. The number of nitrogens with one attached hydrogen (secondary N) is 1. The van der Waals surface area contributed by atoms with Gasteiger partial charge < -0.3 is 20.2 Å². The summed E-state index contributed by atoms with van der Waals surface area (Å²) in [4.78, 5) is 13.7. The molecule has 0 saturated carbocycles. The Morgan fingerprint density at radius 2 is 2.33 bits per heavy atom. The van der Waals surface area contributed by atoms with Gasteiger partial charge in [-0.15, -0.1) is 12.4 Å². The molecule has 1 aromatic rings. The molecule has 15 heavy (non-hydrogen) atoms. The fourth-order valence-electron chi connectivity index (χ4n) is 1.14. The van der Waals surface area contributed by atoms with Crippen LogP contribution in [-0.4, -0.2) is 29.1 Å². The average molecular weight is 232 g/mol. The molecule has 0 bridgehead atoms. The number of pyridine rings is 1. The molecular formula is C8H10ClN3O3. The number of hydrogen-bond acceptors (Lipinski definition) is 5. The fourth-order valence-corrected chi connectivity index (χ4v) is 1.14. The predicted molar refractivity (Wildman–Crippen MR) is 55.4 cm³/mol. The van der Waals surface area contributed by atoms with E-state index >= 15 is 0 Å². The summed E-state index contributed by atoms with van der Waals surface area (Å²) in [5.41, 5.74) is 0. The molecule has 2 heterocycles. The molecule has 2 rings (SSSR count). The Bertz CT molecular complexity index is 357. The Kier molecular flexibility index (Phi) is 3.81. The fraction of sp³-hybridized carbons (Fsp3) is 0.375. The summed E-state index contributed by atoms with van der Waals surface area (Å²) < 4.78 is 5.38. The molecule has 7 heteroatoms. The van der Waals surface area contributed by atoms with E-state index in [1.165, 1.54) is 6.20 Å². The smallest absolute Gasteiger partial charge is 0.406 e. The third kappa shape index (κ3) is 2.54. The maximum Gasteiger partial charge on any atom is 0.406 e. The zero-order chi connectivity index (χ0) is 9.97. The predicted octanol–water partition coefficient (Wildman–Crippen LogP) is 0.762. The van der Waals surface area contributed by atoms with E-state index in [1.54, 1.807) is 12.1 Å². The van der Waals surface area contributed by atoms with Crippen LogP contribution in [0.15, 0.2) is 18.3 Å². The van der Waals surface area contributed by atoms with Crippen LogP contribution in [0.25, 0.3) is 0 Å². The van der Waals surface area contributed by atoms with E-state index in [4.69, 9.17) is 4.74 Å². The van der Waals surface area contributed by atoms with Crippen LogP contribution in [0.4, 0.5) is 5.82 Å². The highest BCUT2D eigenvalue weighted by Gasteiger charge is 2.23. The van der Waals surface area contributed by atoms with Gasteiger partial charge in [0, 0.05) is 13.1 Å². The lowest BCUT2D eigenvalue weighted by atomic mass is 10.2. The largest absolute Gasteiger partial charge is 0.480 e. The maximum atomic E-state index is 10.6. The van der Waals surface area contributed by atoms with Crippen LogP contribution in [0.3, 0.4) is 0 Å². The Balaban J connectivity index is 0.00000112. The summed E-state index contributed by atoms with van der Waals surface area (Å²) in [7, 11) is 0. The molecule has 0 unspecified atom stereocenters. The highest BCUT2D eigenvalue weighted by atomic mass is 35.5. The van der Waals surface area contributed by atoms with Gasteiger partial charge in [0.15, 0.2) is 0 Å². The van der Waals surface area contributed by atoms with Crippen molar-refractivity contribution in [3.63, 3.8) is 0 Å². The second-order valence-electron chi connectivity index (χ2n) is 2.98. The van der Waals surface area contributed by atoms with Crippen LogP contribution in [0, 0.1) is 10.1 Å². The molecule has 0 atom stereocenters. The maximum absolute atomic E-state index is 10.6. The molecule has 1 aliphatic rings. The van der Waals surface area contributed by atoms with E-state index < -0.39 is 4.92 Å². The van der Waals surface area contributed by atoms with Crippen molar-refractivity contribution in [2.45, 2.75) is 6.10 Å². The van der Waals surface area contributed by atoms with Crippen LogP contribution < -0.4 is 10.1 Å². The number of nitrogens with zero attached hydrogens (tertiary/aromatic N) is 2. The highest BCUT2D eigenvalue weighted by molar-refractivity contribution is 5.85. The molecule has 1 N–H and O–H groups in total. The SMILES string of the molecule is Cl.O=[N+]([O-])c1ncccc1OC1CNC1. The van der Waals surface area contributed by atoms with Gasteiger partial charge in [0.05, 0.1) is 0 Å². The van der Waals surface area contributed by atoms with Crippen molar-refractivity contribution < 1.29 is 9.66 Å². The first kappa shape index (κ1) is 11.7. The van der Waals surface area contributed by atoms with Crippen LogP contribution >= 0.6 is 12.4 Å². The summed E-state index contributed by atoms with van der Waals surface area (Å²) in [5.74, 6) is 0.0170. The van der Waals surface area contributed by atoms with Crippen LogP contribution in [0.1, 0.15) is 0 Å². The first-order valence-electron chi connectivity index (χ1n) is 4.24. The molecule has 1 saturated heterocycles. The lowest BCUT2D eigenvalue weighted by molar-refractivity contribution is -0.390. The molecule has 82 valence electrons. The number of hydrogen-bond donors (Lipinski definition) is 1. The van der Waals surface area contributed by atoms with Gasteiger partial charge in [-0.2, -0.15) is 0 Å². The molecule has 0 aromatic carbocycles. The molecule has 1 aliphatic heterocycles. The molecule has 0 aliphatic carbocycles. The van der Waals surface area contributed by atoms with Gasteiger partial charge in [-0.05, 0) is 22.0 Å². The summed E-state index contributed by atoms with van der Waals surface area (Å²) in [6.45, 7) is 1.46. The Labute approximate surface area is 92.2 Å². The zero-order valence-electron chi connectivity index (χ0n) is 7.75. The van der Waals surface area contributed by atoms with Crippen molar-refractivity contribution in [2.24, 2.45) is 0 Å². The minimum absolute atomic E-state index is 0. The highest BCUT2D eigenvalue weighted by Crippen LogP contribution is 2.24. The standard InChI is InChI=1S/C8H9N3O3.ClH/c12-11(13)8-7(2-1-3-10-8)14-6-4-9-5-6;/h1-3,6,9H,4-5H2;1H. The van der Waals surface area contributed by atoms with E-state index in [9.17, 15) is 10.1 Å². The first-order chi connectivity index (χ1) is 6.77. The molecular weight excluding hydrogens is 222 g/mol. The van der Waals surface area contributed by atoms with E-state index in [1.807, 2.05) is 0 Å². The quantitative estimate of drug-likeness (QED) is 0.614. The topological polar surface area (TPSA) is 77.3 Å². The van der Waals surface area contributed by atoms with Crippen molar-refractivity contribution >= 4 is 18.2 Å². The summed E-state index contributed by atoms with van der Waals surface area (Å²) in [6.07, 6.45) is 1.40. The Morgan fingerprint density at radius 1 is 1.60 bits per heavy atom. The molecule has 0 radical (unpaired) electrons. The second-order valence-corrected chi connectivity index (χ2v) is 2.98. The number of rotatable bonds is 3. The van der Waals surface area contributed by atoms with Crippen molar-refractivity contribution in [3.8, 4) is 5.75 Å². The Hall–Kier alpha value is -1.40. The summed E-state index contributed by atoms with van der Waals surface area (Å²) in [5, 5.41) is 13.6. The molecule has 0 spiro atoms. The van der Waals surface area contributed by atoms with Gasteiger partial charge >= 0.3 is 5.82 Å². The van der Waals surface area contributed by atoms with Crippen LogP contribution in [0.2, 0.25) is 0 Å². The lowest BCUT2D eigenvalue weighted by Crippen LogP contribution is -2.50. The molecule has 1 fully saturated rings. The monoisotopic (exact) mass is 231 g/mol. The number of aromatic nitrogens is 1. The minimum atomic E-state index is -0.540. The zero-order valence-corrected chi connectivity index (χ0v) is 8.57. The number of halogens is 1. The third-order valence-corrected chi connectivity index (χ3v) is 1.96. The van der Waals surface area contributed by atoms with Gasteiger partial charge in [0.2, 0.25) is 5.75 Å². The molecule has 0 amide bonds. The van der Waals surface area contributed by atoms with Crippen LogP contribution in [-0.2, 0) is 0 Å².